The fourth-order valence-electron chi connectivity index (χ4n) is 1.59. The molecule has 0 fully saturated rings. The molecule has 0 unspecified atom stereocenters. The van der Waals surface area contributed by atoms with Crippen molar-refractivity contribution in [2.75, 3.05) is 5.73 Å². The molecule has 2 N–H and O–H groups in total. The number of hydrogen-bond acceptors (Lipinski definition) is 5. The summed E-state index contributed by atoms with van der Waals surface area (Å²) in [5, 5.41) is 7.86. The molecule has 0 aliphatic carbocycles. The van der Waals surface area contributed by atoms with Gasteiger partial charge in [-0.1, -0.05) is 19.1 Å². The van der Waals surface area contributed by atoms with Crippen LogP contribution >= 0.6 is 0 Å². The van der Waals surface area contributed by atoms with Crippen molar-refractivity contribution in [1.82, 2.24) is 25.0 Å². The van der Waals surface area contributed by atoms with Gasteiger partial charge in [0.2, 0.25) is 0 Å². The second kappa shape index (κ2) is 4.26. The van der Waals surface area contributed by atoms with E-state index in [0.717, 1.165) is 5.69 Å². The van der Waals surface area contributed by atoms with E-state index in [1.165, 1.54) is 0 Å². The van der Waals surface area contributed by atoms with Crippen LogP contribution in [0.25, 0.3) is 0 Å². The van der Waals surface area contributed by atoms with E-state index in [2.05, 4.69) is 34.1 Å². The summed E-state index contributed by atoms with van der Waals surface area (Å²) >= 11 is 0. The molecule has 6 nitrogen and oxygen atoms in total. The van der Waals surface area contributed by atoms with Gasteiger partial charge in [0.05, 0.1) is 5.69 Å². The fourth-order valence-corrected chi connectivity index (χ4v) is 1.59. The standard InChI is InChI=1S/C10H14N6/c1-7(2)9-10(11)14-15-16(9)6-8-12-4-3-5-13-8/h3-5,7H,6,11H2,1-2H3. The Morgan fingerprint density at radius 1 is 1.31 bits per heavy atom. The molecule has 0 aromatic carbocycles. The molecular weight excluding hydrogens is 204 g/mol. The zero-order chi connectivity index (χ0) is 11.5. The van der Waals surface area contributed by atoms with Crippen LogP contribution in [-0.2, 0) is 6.54 Å². The van der Waals surface area contributed by atoms with Crippen LogP contribution in [0.4, 0.5) is 5.82 Å². The summed E-state index contributed by atoms with van der Waals surface area (Å²) in [4.78, 5) is 8.29. The first kappa shape index (κ1) is 10.5. The minimum Gasteiger partial charge on any atom is -0.381 e. The lowest BCUT2D eigenvalue weighted by Crippen LogP contribution is -2.10. The maximum Gasteiger partial charge on any atom is 0.169 e. The first-order valence-electron chi connectivity index (χ1n) is 5.13. The van der Waals surface area contributed by atoms with Crippen molar-refractivity contribution < 1.29 is 0 Å². The van der Waals surface area contributed by atoms with Gasteiger partial charge in [0.1, 0.15) is 12.4 Å². The highest BCUT2D eigenvalue weighted by Gasteiger charge is 2.14. The van der Waals surface area contributed by atoms with Gasteiger partial charge in [0, 0.05) is 12.4 Å². The zero-order valence-electron chi connectivity index (χ0n) is 9.33. The van der Waals surface area contributed by atoms with E-state index in [1.807, 2.05) is 0 Å². The van der Waals surface area contributed by atoms with Crippen LogP contribution in [-0.4, -0.2) is 25.0 Å². The number of nitrogens with zero attached hydrogens (tertiary/aromatic N) is 5. The fraction of sp³-hybridized carbons (Fsp3) is 0.400. The Morgan fingerprint density at radius 2 is 2.00 bits per heavy atom. The van der Waals surface area contributed by atoms with E-state index in [4.69, 9.17) is 5.73 Å². The summed E-state index contributed by atoms with van der Waals surface area (Å²) in [6.07, 6.45) is 3.41. The van der Waals surface area contributed by atoms with Crippen molar-refractivity contribution in [2.24, 2.45) is 0 Å². The molecule has 2 aromatic rings. The molecule has 0 bridgehead atoms. The number of nitrogen functional groups attached to an aromatic ring is 1. The lowest BCUT2D eigenvalue weighted by atomic mass is 10.1. The predicted molar refractivity (Wildman–Crippen MR) is 59.7 cm³/mol. The molecule has 0 radical (unpaired) electrons. The highest BCUT2D eigenvalue weighted by Crippen LogP contribution is 2.19. The molecule has 0 aliphatic heterocycles. The molecule has 2 aromatic heterocycles. The molecule has 16 heavy (non-hydrogen) atoms. The van der Waals surface area contributed by atoms with E-state index >= 15 is 0 Å². The summed E-state index contributed by atoms with van der Waals surface area (Å²) in [7, 11) is 0. The second-order valence-electron chi connectivity index (χ2n) is 3.84. The molecule has 0 aliphatic rings. The summed E-state index contributed by atoms with van der Waals surface area (Å²) < 4.78 is 1.75. The van der Waals surface area contributed by atoms with Crippen LogP contribution < -0.4 is 5.73 Å². The number of aromatic nitrogens is 5. The van der Waals surface area contributed by atoms with Gasteiger partial charge in [-0.15, -0.1) is 5.10 Å². The SMILES string of the molecule is CC(C)c1c(N)nnn1Cc1ncccn1. The molecule has 0 amide bonds. The predicted octanol–water partition coefficient (Wildman–Crippen LogP) is 0.822. The molecule has 6 heteroatoms. The Kier molecular flexibility index (Phi) is 2.80. The molecule has 0 saturated heterocycles. The van der Waals surface area contributed by atoms with Gasteiger partial charge < -0.3 is 5.73 Å². The molecule has 84 valence electrons. The van der Waals surface area contributed by atoms with E-state index in [0.29, 0.717) is 18.2 Å². The van der Waals surface area contributed by atoms with E-state index in [1.54, 1.807) is 23.1 Å². The number of anilines is 1. The average molecular weight is 218 g/mol. The first-order valence-corrected chi connectivity index (χ1v) is 5.13. The maximum atomic E-state index is 5.76. The van der Waals surface area contributed by atoms with Crippen LogP contribution in [0.3, 0.4) is 0 Å². The van der Waals surface area contributed by atoms with Gasteiger partial charge in [0.15, 0.2) is 5.82 Å². The van der Waals surface area contributed by atoms with Crippen LogP contribution in [0.5, 0.6) is 0 Å². The first-order chi connectivity index (χ1) is 7.68. The summed E-state index contributed by atoms with van der Waals surface area (Å²) in [6.45, 7) is 4.60. The molecule has 0 atom stereocenters. The highest BCUT2D eigenvalue weighted by atomic mass is 15.4. The highest BCUT2D eigenvalue weighted by molar-refractivity contribution is 5.35. The third-order valence-electron chi connectivity index (χ3n) is 2.26. The molecular formula is C10H14N6. The Balaban J connectivity index is 2.29. The van der Waals surface area contributed by atoms with Gasteiger partial charge in [0.25, 0.3) is 0 Å². The second-order valence-corrected chi connectivity index (χ2v) is 3.84. The molecule has 0 saturated carbocycles. The Bertz CT molecular complexity index is 461. The smallest absolute Gasteiger partial charge is 0.169 e. The quantitative estimate of drug-likeness (QED) is 0.824. The monoisotopic (exact) mass is 218 g/mol. The topological polar surface area (TPSA) is 82.5 Å². The minimum atomic E-state index is 0.277. The van der Waals surface area contributed by atoms with Gasteiger partial charge >= 0.3 is 0 Å². The number of nitrogens with two attached hydrogens (primary N) is 1. The van der Waals surface area contributed by atoms with Crippen molar-refractivity contribution in [3.05, 3.63) is 30.0 Å². The van der Waals surface area contributed by atoms with Gasteiger partial charge in [-0.25, -0.2) is 14.6 Å². The Labute approximate surface area is 93.5 Å². The lowest BCUT2D eigenvalue weighted by molar-refractivity contribution is 0.580. The molecule has 2 rings (SSSR count). The van der Waals surface area contributed by atoms with E-state index in [9.17, 15) is 0 Å². The van der Waals surface area contributed by atoms with Gasteiger partial charge in [-0.3, -0.25) is 0 Å². The van der Waals surface area contributed by atoms with Gasteiger partial charge in [-0.05, 0) is 12.0 Å². The summed E-state index contributed by atoms with van der Waals surface area (Å²) in [6, 6.07) is 1.78. The van der Waals surface area contributed by atoms with Crippen LogP contribution in [0.15, 0.2) is 18.5 Å². The Hall–Kier alpha value is -1.98. The minimum absolute atomic E-state index is 0.277. The summed E-state index contributed by atoms with van der Waals surface area (Å²) in [5.41, 5.74) is 6.68. The number of hydrogen-bond donors (Lipinski definition) is 1. The molecule has 0 spiro atoms. The average Bonchev–Trinajstić information content (AvgIpc) is 2.61. The van der Waals surface area contributed by atoms with Crippen LogP contribution in [0.2, 0.25) is 0 Å². The number of rotatable bonds is 3. The van der Waals surface area contributed by atoms with Crippen molar-refractivity contribution in [2.45, 2.75) is 26.3 Å². The molecule has 2 heterocycles. The van der Waals surface area contributed by atoms with E-state index < -0.39 is 0 Å². The van der Waals surface area contributed by atoms with E-state index in [-0.39, 0.29) is 5.92 Å². The third-order valence-corrected chi connectivity index (χ3v) is 2.26. The Morgan fingerprint density at radius 3 is 2.62 bits per heavy atom. The van der Waals surface area contributed by atoms with Gasteiger partial charge in [-0.2, -0.15) is 0 Å². The third kappa shape index (κ3) is 2.00. The van der Waals surface area contributed by atoms with Crippen LogP contribution in [0.1, 0.15) is 31.3 Å². The lowest BCUT2D eigenvalue weighted by Gasteiger charge is -2.08. The largest absolute Gasteiger partial charge is 0.381 e. The van der Waals surface area contributed by atoms with Crippen molar-refractivity contribution >= 4 is 5.82 Å². The van der Waals surface area contributed by atoms with Crippen molar-refractivity contribution in [3.8, 4) is 0 Å². The summed E-state index contributed by atoms with van der Waals surface area (Å²) in [5.74, 6) is 1.46. The normalized spacial score (nSPS) is 10.9. The zero-order valence-corrected chi connectivity index (χ0v) is 9.33. The van der Waals surface area contributed by atoms with Crippen molar-refractivity contribution in [3.63, 3.8) is 0 Å². The van der Waals surface area contributed by atoms with Crippen molar-refractivity contribution in [1.29, 1.82) is 0 Å². The maximum absolute atomic E-state index is 5.76. The van der Waals surface area contributed by atoms with Crippen LogP contribution in [0, 0.1) is 0 Å².